The van der Waals surface area contributed by atoms with E-state index in [9.17, 15) is 0 Å². The third-order valence-corrected chi connectivity index (χ3v) is 2.66. The standard InChI is InChI=1S/C13H10.H3N/c1-4-10-6-2-8-12-9-3-7-11(5-1)13(10)12;/h1-8H,9H2;1H3. The fraction of sp³-hybridized carbons (Fsp3) is 0.0769. The molecule has 70 valence electrons. The molecule has 0 unspecified atom stereocenters. The summed E-state index contributed by atoms with van der Waals surface area (Å²) in [4.78, 5) is 0. The van der Waals surface area contributed by atoms with Gasteiger partial charge in [0, 0.05) is 0 Å². The van der Waals surface area contributed by atoms with Gasteiger partial charge in [-0.2, -0.15) is 0 Å². The van der Waals surface area contributed by atoms with Gasteiger partial charge in [0.25, 0.3) is 0 Å². The molecule has 0 radical (unpaired) electrons. The zero-order valence-electron chi connectivity index (χ0n) is 8.03. The Bertz CT molecular complexity index is 492. The largest absolute Gasteiger partial charge is 0.344 e. The van der Waals surface area contributed by atoms with Crippen LogP contribution in [0.25, 0.3) is 16.8 Å². The normalized spacial score (nSPS) is 12.6. The van der Waals surface area contributed by atoms with Crippen LogP contribution in [-0.4, -0.2) is 0 Å². The van der Waals surface area contributed by atoms with Gasteiger partial charge < -0.3 is 6.15 Å². The molecule has 0 fully saturated rings. The van der Waals surface area contributed by atoms with Crippen LogP contribution in [0.4, 0.5) is 0 Å². The third-order valence-electron chi connectivity index (χ3n) is 2.66. The lowest BCUT2D eigenvalue weighted by atomic mass is 9.93. The van der Waals surface area contributed by atoms with E-state index in [1.54, 1.807) is 0 Å². The van der Waals surface area contributed by atoms with Crippen molar-refractivity contribution in [3.05, 3.63) is 53.6 Å². The Balaban J connectivity index is 0.000000750. The van der Waals surface area contributed by atoms with E-state index >= 15 is 0 Å². The Kier molecular flexibility index (Phi) is 2.10. The van der Waals surface area contributed by atoms with Gasteiger partial charge in [-0.1, -0.05) is 48.6 Å². The summed E-state index contributed by atoms with van der Waals surface area (Å²) in [5, 5.41) is 2.80. The molecule has 3 rings (SSSR count). The Hall–Kier alpha value is -1.60. The molecule has 1 nitrogen and oxygen atoms in total. The van der Waals surface area contributed by atoms with Crippen molar-refractivity contribution in [2.45, 2.75) is 6.42 Å². The lowest BCUT2D eigenvalue weighted by Gasteiger charge is -2.11. The quantitative estimate of drug-likeness (QED) is 0.665. The average Bonchev–Trinajstić information content (AvgIpc) is 2.19. The first-order valence-electron chi connectivity index (χ1n) is 4.62. The Labute approximate surface area is 83.6 Å². The molecule has 3 N–H and O–H groups in total. The molecular weight excluding hydrogens is 170 g/mol. The number of rotatable bonds is 0. The monoisotopic (exact) mass is 183 g/mol. The first-order valence-corrected chi connectivity index (χ1v) is 4.62. The van der Waals surface area contributed by atoms with Crippen LogP contribution in [0.2, 0.25) is 0 Å². The number of hydrogen-bond donors (Lipinski definition) is 1. The Morgan fingerprint density at radius 3 is 2.57 bits per heavy atom. The van der Waals surface area contributed by atoms with Gasteiger partial charge in [-0.3, -0.25) is 0 Å². The predicted molar refractivity (Wildman–Crippen MR) is 61.7 cm³/mol. The fourth-order valence-electron chi connectivity index (χ4n) is 2.07. The van der Waals surface area contributed by atoms with E-state index in [0.717, 1.165) is 6.42 Å². The molecule has 14 heavy (non-hydrogen) atoms. The van der Waals surface area contributed by atoms with E-state index in [1.165, 1.54) is 21.9 Å². The van der Waals surface area contributed by atoms with Gasteiger partial charge in [0.15, 0.2) is 0 Å². The molecule has 1 heteroatoms. The molecular formula is C13H13N. The maximum atomic E-state index is 2.23. The highest BCUT2D eigenvalue weighted by Gasteiger charge is 2.06. The van der Waals surface area contributed by atoms with Gasteiger partial charge in [-0.25, -0.2) is 0 Å². The molecule has 1 aliphatic carbocycles. The first kappa shape index (κ1) is 8.97. The molecule has 0 aliphatic heterocycles. The van der Waals surface area contributed by atoms with Gasteiger partial charge in [0.1, 0.15) is 0 Å². The molecule has 2 aromatic carbocycles. The van der Waals surface area contributed by atoms with Crippen LogP contribution >= 0.6 is 0 Å². The van der Waals surface area contributed by atoms with Crippen LogP contribution in [0.1, 0.15) is 11.1 Å². The van der Waals surface area contributed by atoms with Crippen LogP contribution in [0.5, 0.6) is 0 Å². The minimum absolute atomic E-state index is 0. The second kappa shape index (κ2) is 3.28. The highest BCUT2D eigenvalue weighted by molar-refractivity contribution is 5.94. The summed E-state index contributed by atoms with van der Waals surface area (Å²) < 4.78 is 0. The van der Waals surface area contributed by atoms with Crippen LogP contribution in [-0.2, 0) is 6.42 Å². The number of hydrogen-bond acceptors (Lipinski definition) is 1. The zero-order chi connectivity index (χ0) is 8.67. The number of allylic oxidation sites excluding steroid dienone is 1. The van der Waals surface area contributed by atoms with E-state index in [1.807, 2.05) is 0 Å². The van der Waals surface area contributed by atoms with Crippen molar-refractivity contribution in [2.24, 2.45) is 0 Å². The average molecular weight is 183 g/mol. The summed E-state index contributed by atoms with van der Waals surface area (Å²) in [5.74, 6) is 0. The molecule has 1 aliphatic rings. The van der Waals surface area contributed by atoms with Crippen LogP contribution < -0.4 is 6.15 Å². The van der Waals surface area contributed by atoms with Crippen LogP contribution in [0.3, 0.4) is 0 Å². The molecule has 0 saturated carbocycles. The van der Waals surface area contributed by atoms with Crippen molar-refractivity contribution >= 4 is 16.8 Å². The second-order valence-corrected chi connectivity index (χ2v) is 3.47. The Morgan fingerprint density at radius 2 is 1.71 bits per heavy atom. The molecule has 0 spiro atoms. The summed E-state index contributed by atoms with van der Waals surface area (Å²) in [7, 11) is 0. The highest BCUT2D eigenvalue weighted by Crippen LogP contribution is 2.27. The minimum atomic E-state index is 0. The summed E-state index contributed by atoms with van der Waals surface area (Å²) in [6, 6.07) is 13.0. The molecule has 2 aromatic rings. The van der Waals surface area contributed by atoms with E-state index < -0.39 is 0 Å². The topological polar surface area (TPSA) is 35.0 Å². The predicted octanol–water partition coefficient (Wildman–Crippen LogP) is 3.57. The van der Waals surface area contributed by atoms with E-state index in [0.29, 0.717) is 0 Å². The van der Waals surface area contributed by atoms with E-state index in [-0.39, 0.29) is 6.15 Å². The molecule has 0 atom stereocenters. The summed E-state index contributed by atoms with van der Waals surface area (Å²) in [6.07, 6.45) is 5.53. The SMILES string of the molecule is C1=Cc2cccc3cccc(c23)C1.N. The lowest BCUT2D eigenvalue weighted by Crippen LogP contribution is -1.91. The fourth-order valence-corrected chi connectivity index (χ4v) is 2.07. The lowest BCUT2D eigenvalue weighted by molar-refractivity contribution is 1.29. The second-order valence-electron chi connectivity index (χ2n) is 3.47. The molecule has 0 heterocycles. The molecule has 0 saturated heterocycles. The smallest absolute Gasteiger partial charge is 0.00763 e. The molecule has 0 amide bonds. The Morgan fingerprint density at radius 1 is 0.929 bits per heavy atom. The van der Waals surface area contributed by atoms with Gasteiger partial charge in [0.2, 0.25) is 0 Å². The zero-order valence-corrected chi connectivity index (χ0v) is 8.03. The highest BCUT2D eigenvalue weighted by atomic mass is 14.1. The molecule has 0 bridgehead atoms. The van der Waals surface area contributed by atoms with Gasteiger partial charge in [0.05, 0.1) is 0 Å². The van der Waals surface area contributed by atoms with Crippen molar-refractivity contribution < 1.29 is 0 Å². The minimum Gasteiger partial charge on any atom is -0.344 e. The van der Waals surface area contributed by atoms with Crippen molar-refractivity contribution in [3.63, 3.8) is 0 Å². The molecule has 0 aromatic heterocycles. The van der Waals surface area contributed by atoms with Crippen molar-refractivity contribution in [1.82, 2.24) is 6.15 Å². The van der Waals surface area contributed by atoms with Gasteiger partial charge >= 0.3 is 0 Å². The maximum Gasteiger partial charge on any atom is -0.00763 e. The summed E-state index contributed by atoms with van der Waals surface area (Å²) in [5.41, 5.74) is 2.81. The van der Waals surface area contributed by atoms with Crippen LogP contribution in [0.15, 0.2) is 42.5 Å². The number of benzene rings is 2. The van der Waals surface area contributed by atoms with Crippen molar-refractivity contribution in [3.8, 4) is 0 Å². The van der Waals surface area contributed by atoms with E-state index in [4.69, 9.17) is 0 Å². The van der Waals surface area contributed by atoms with Gasteiger partial charge in [-0.15, -0.1) is 0 Å². The van der Waals surface area contributed by atoms with Crippen molar-refractivity contribution in [2.75, 3.05) is 0 Å². The third kappa shape index (κ3) is 1.14. The maximum absolute atomic E-state index is 2.23. The summed E-state index contributed by atoms with van der Waals surface area (Å²) >= 11 is 0. The van der Waals surface area contributed by atoms with Gasteiger partial charge in [-0.05, 0) is 28.3 Å². The van der Waals surface area contributed by atoms with E-state index in [2.05, 4.69) is 48.6 Å². The summed E-state index contributed by atoms with van der Waals surface area (Å²) in [6.45, 7) is 0. The van der Waals surface area contributed by atoms with Crippen LogP contribution in [0, 0.1) is 0 Å². The first-order chi connectivity index (χ1) is 6.45. The van der Waals surface area contributed by atoms with Crippen molar-refractivity contribution in [1.29, 1.82) is 0 Å².